The molecule has 0 N–H and O–H groups in total. The van der Waals surface area contributed by atoms with Gasteiger partial charge in [-0.15, -0.1) is 5.10 Å². The number of nitrogens with zero attached hydrogens (tertiary/aromatic N) is 3. The molecular weight excluding hydrogens is 270 g/mol. The van der Waals surface area contributed by atoms with E-state index in [-0.39, 0.29) is 5.91 Å². The molecule has 0 atom stereocenters. The first-order valence-electron chi connectivity index (χ1n) is 6.35. The summed E-state index contributed by atoms with van der Waals surface area (Å²) in [5, 5.41) is 12.1. The van der Waals surface area contributed by atoms with Crippen LogP contribution in [-0.4, -0.2) is 24.4 Å². The van der Waals surface area contributed by atoms with Crippen LogP contribution in [0.5, 0.6) is 0 Å². The van der Waals surface area contributed by atoms with Gasteiger partial charge < -0.3 is 4.90 Å². The van der Waals surface area contributed by atoms with Gasteiger partial charge in [-0.25, -0.2) is 0 Å². The summed E-state index contributed by atoms with van der Waals surface area (Å²) in [7, 11) is 0. The Morgan fingerprint density at radius 3 is 2.90 bits per heavy atom. The number of benzene rings is 1. The number of rotatable bonds is 3. The zero-order valence-electron chi connectivity index (χ0n) is 11.0. The van der Waals surface area contributed by atoms with Crippen LogP contribution < -0.4 is 4.90 Å². The van der Waals surface area contributed by atoms with Gasteiger partial charge in [-0.05, 0) is 29.8 Å². The normalized spacial score (nSPS) is 16.4. The maximum absolute atomic E-state index is 12.3. The van der Waals surface area contributed by atoms with E-state index in [4.69, 9.17) is 0 Å². The van der Waals surface area contributed by atoms with Crippen molar-refractivity contribution >= 4 is 34.9 Å². The number of carbonyl (C=O) groups excluding carboxylic acids is 1. The van der Waals surface area contributed by atoms with Crippen molar-refractivity contribution < 1.29 is 4.79 Å². The van der Waals surface area contributed by atoms with Crippen molar-refractivity contribution in [2.24, 2.45) is 10.2 Å². The van der Waals surface area contributed by atoms with Crippen molar-refractivity contribution in [1.29, 1.82) is 0 Å². The fourth-order valence-electron chi connectivity index (χ4n) is 2.17. The lowest BCUT2D eigenvalue weighted by Gasteiger charge is -2.12. The van der Waals surface area contributed by atoms with Gasteiger partial charge in [0, 0.05) is 17.7 Å². The van der Waals surface area contributed by atoms with E-state index < -0.39 is 0 Å². The Bertz CT molecular complexity index is 689. The number of likely N-dealkylation sites (N-methyl/N-ethyl adjacent to an activating group) is 1. The fraction of sp³-hybridized carbons (Fsp3) is 0.133. The highest BCUT2D eigenvalue weighted by Crippen LogP contribution is 2.28. The predicted octanol–water partition coefficient (Wildman–Crippen LogP) is 2.94. The fourth-order valence-corrected chi connectivity index (χ4v) is 2.78. The first-order valence-corrected chi connectivity index (χ1v) is 7.30. The first-order chi connectivity index (χ1) is 9.81. The van der Waals surface area contributed by atoms with E-state index in [0.29, 0.717) is 12.3 Å². The Labute approximate surface area is 121 Å². The minimum Gasteiger partial charge on any atom is -0.307 e. The number of amides is 1. The third kappa shape index (κ3) is 2.16. The van der Waals surface area contributed by atoms with Gasteiger partial charge in [0.2, 0.25) is 0 Å². The Hall–Kier alpha value is -2.27. The first kappa shape index (κ1) is 12.7. The van der Waals surface area contributed by atoms with Gasteiger partial charge in [0.05, 0.1) is 11.9 Å². The standard InChI is InChI=1S/C15H13N3OS/c1-2-18-13-6-4-3-5-12(13)14(15(18)19)17-16-9-11-7-8-20-10-11/h3-10H,2H2,1H3/b16-9-,17-14+. The van der Waals surface area contributed by atoms with Gasteiger partial charge >= 0.3 is 0 Å². The van der Waals surface area contributed by atoms with Crippen molar-refractivity contribution in [3.8, 4) is 0 Å². The predicted molar refractivity (Wildman–Crippen MR) is 82.9 cm³/mol. The molecule has 3 rings (SSSR count). The molecule has 1 aliphatic rings. The average molecular weight is 283 g/mol. The molecule has 0 spiro atoms. The smallest absolute Gasteiger partial charge is 0.279 e. The molecule has 20 heavy (non-hydrogen) atoms. The second-order valence-corrected chi connectivity index (χ2v) is 5.10. The summed E-state index contributed by atoms with van der Waals surface area (Å²) in [5.41, 5.74) is 3.16. The molecule has 1 aliphatic heterocycles. The molecule has 0 radical (unpaired) electrons. The molecule has 0 fully saturated rings. The van der Waals surface area contributed by atoms with Gasteiger partial charge in [-0.2, -0.15) is 16.4 Å². The molecule has 4 nitrogen and oxygen atoms in total. The van der Waals surface area contributed by atoms with Crippen LogP contribution in [0.1, 0.15) is 18.1 Å². The summed E-state index contributed by atoms with van der Waals surface area (Å²) >= 11 is 1.60. The van der Waals surface area contributed by atoms with E-state index in [1.165, 1.54) is 0 Å². The van der Waals surface area contributed by atoms with Crippen LogP contribution in [0.15, 0.2) is 51.3 Å². The van der Waals surface area contributed by atoms with Gasteiger partial charge in [0.1, 0.15) is 0 Å². The summed E-state index contributed by atoms with van der Waals surface area (Å²) < 4.78 is 0. The highest BCUT2D eigenvalue weighted by molar-refractivity contribution is 7.08. The summed E-state index contributed by atoms with van der Waals surface area (Å²) in [6.07, 6.45) is 1.66. The minimum atomic E-state index is -0.0869. The molecule has 5 heteroatoms. The molecule has 0 saturated carbocycles. The Morgan fingerprint density at radius 1 is 1.30 bits per heavy atom. The van der Waals surface area contributed by atoms with E-state index in [1.54, 1.807) is 22.5 Å². The summed E-state index contributed by atoms with van der Waals surface area (Å²) in [5.74, 6) is -0.0869. The van der Waals surface area contributed by atoms with Crippen molar-refractivity contribution in [3.05, 3.63) is 52.2 Å². The number of para-hydroxylation sites is 1. The van der Waals surface area contributed by atoms with Crippen molar-refractivity contribution in [1.82, 2.24) is 0 Å². The lowest BCUT2D eigenvalue weighted by molar-refractivity contribution is -0.112. The molecule has 1 aromatic carbocycles. The highest BCUT2D eigenvalue weighted by atomic mass is 32.1. The van der Waals surface area contributed by atoms with Crippen LogP contribution in [0.25, 0.3) is 0 Å². The molecule has 2 aromatic rings. The quantitative estimate of drug-likeness (QED) is 0.631. The number of anilines is 1. The average Bonchev–Trinajstić information content (AvgIpc) is 3.06. The van der Waals surface area contributed by atoms with Crippen LogP contribution in [-0.2, 0) is 4.79 Å². The molecule has 0 bridgehead atoms. The van der Waals surface area contributed by atoms with Crippen LogP contribution in [0.4, 0.5) is 5.69 Å². The van der Waals surface area contributed by atoms with Gasteiger partial charge in [-0.3, -0.25) is 4.79 Å². The largest absolute Gasteiger partial charge is 0.307 e. The van der Waals surface area contributed by atoms with E-state index in [0.717, 1.165) is 16.8 Å². The number of hydrogen-bond acceptors (Lipinski definition) is 4. The maximum atomic E-state index is 12.3. The third-order valence-electron chi connectivity index (χ3n) is 3.12. The van der Waals surface area contributed by atoms with Gasteiger partial charge in [-0.1, -0.05) is 18.2 Å². The summed E-state index contributed by atoms with van der Waals surface area (Å²) in [6, 6.07) is 9.62. The Balaban J connectivity index is 1.95. The van der Waals surface area contributed by atoms with Crippen LogP contribution in [0.2, 0.25) is 0 Å². The minimum absolute atomic E-state index is 0.0869. The SMILES string of the molecule is CCN1C(=O)/C(=N/N=C\c2ccsc2)c2ccccc21. The molecule has 1 aromatic heterocycles. The number of hydrogen-bond donors (Lipinski definition) is 0. The third-order valence-corrected chi connectivity index (χ3v) is 3.82. The monoisotopic (exact) mass is 283 g/mol. The number of carbonyl (C=O) groups is 1. The van der Waals surface area contributed by atoms with Crippen molar-refractivity contribution in [2.45, 2.75) is 6.92 Å². The van der Waals surface area contributed by atoms with Crippen molar-refractivity contribution in [3.63, 3.8) is 0 Å². The molecule has 0 aliphatic carbocycles. The van der Waals surface area contributed by atoms with Crippen LogP contribution in [0.3, 0.4) is 0 Å². The molecule has 100 valence electrons. The van der Waals surface area contributed by atoms with E-state index in [2.05, 4.69) is 10.2 Å². The molecule has 0 unspecified atom stereocenters. The Kier molecular flexibility index (Phi) is 3.43. The molecule has 2 heterocycles. The molecule has 1 amide bonds. The number of thiophene rings is 1. The lowest BCUT2D eigenvalue weighted by Crippen LogP contribution is -2.29. The zero-order chi connectivity index (χ0) is 13.9. The summed E-state index contributed by atoms with van der Waals surface area (Å²) in [4.78, 5) is 14.0. The van der Waals surface area contributed by atoms with Gasteiger partial charge in [0.15, 0.2) is 5.71 Å². The van der Waals surface area contributed by atoms with Crippen LogP contribution in [0, 0.1) is 0 Å². The molecular formula is C15H13N3OS. The maximum Gasteiger partial charge on any atom is 0.279 e. The summed E-state index contributed by atoms with van der Waals surface area (Å²) in [6.45, 7) is 2.58. The topological polar surface area (TPSA) is 45.0 Å². The lowest BCUT2D eigenvalue weighted by atomic mass is 10.1. The zero-order valence-corrected chi connectivity index (χ0v) is 11.8. The van der Waals surface area contributed by atoms with E-state index in [1.807, 2.05) is 48.0 Å². The van der Waals surface area contributed by atoms with Crippen molar-refractivity contribution in [2.75, 3.05) is 11.4 Å². The highest BCUT2D eigenvalue weighted by Gasteiger charge is 2.32. The van der Waals surface area contributed by atoms with Gasteiger partial charge in [0.25, 0.3) is 5.91 Å². The van der Waals surface area contributed by atoms with E-state index in [9.17, 15) is 4.79 Å². The number of fused-ring (bicyclic) bond motifs is 1. The van der Waals surface area contributed by atoms with E-state index >= 15 is 0 Å². The second-order valence-electron chi connectivity index (χ2n) is 4.32. The molecule has 0 saturated heterocycles. The Morgan fingerprint density at radius 2 is 2.15 bits per heavy atom. The second kappa shape index (κ2) is 5.38. The van der Waals surface area contributed by atoms with Crippen LogP contribution >= 0.6 is 11.3 Å².